The number of halogens is 3. The Kier molecular flexibility index (Phi) is 5.46. The molecule has 1 saturated carbocycles. The molecule has 2 N–H and O–H groups in total. The van der Waals surface area contributed by atoms with Gasteiger partial charge in [-0.3, -0.25) is 9.69 Å². The highest BCUT2D eigenvalue weighted by atomic mass is 19.4. The van der Waals surface area contributed by atoms with E-state index in [1.807, 2.05) is 0 Å². The number of alkyl halides is 3. The Morgan fingerprint density at radius 1 is 1.30 bits per heavy atom. The summed E-state index contributed by atoms with van der Waals surface area (Å²) in [5.74, 6) is 1.31. The van der Waals surface area contributed by atoms with Gasteiger partial charge in [0.25, 0.3) is 0 Å². The van der Waals surface area contributed by atoms with Crippen molar-refractivity contribution in [3.63, 3.8) is 0 Å². The van der Waals surface area contributed by atoms with E-state index in [4.69, 9.17) is 0 Å². The Hall–Kier alpha value is -1.82. The zero-order valence-electron chi connectivity index (χ0n) is 12.9. The van der Waals surface area contributed by atoms with E-state index < -0.39 is 17.6 Å². The van der Waals surface area contributed by atoms with E-state index >= 15 is 0 Å². The minimum absolute atomic E-state index is 0.481. The largest absolute Gasteiger partial charge is 0.416 e. The number of hydrogen-bond donors (Lipinski definition) is 1. The molecular formula is C17H21F3N2O. The lowest BCUT2D eigenvalue weighted by atomic mass is 10.1. The first kappa shape index (κ1) is 17.5. The lowest BCUT2D eigenvalue weighted by molar-refractivity contribution is -0.137. The number of carbonyl (C=O) groups is 1. The molecule has 2 unspecified atom stereocenters. The Labute approximate surface area is 134 Å². The number of carbonyl (C=O) groups excluding carboxylic acids is 1. The number of benzene rings is 1. The highest BCUT2D eigenvalue weighted by Crippen LogP contribution is 2.45. The molecule has 1 aromatic rings. The van der Waals surface area contributed by atoms with Crippen molar-refractivity contribution in [1.29, 1.82) is 0 Å². The first-order valence-corrected chi connectivity index (χ1v) is 7.60. The number of hydrogen-bond acceptors (Lipinski definition) is 2. The predicted octanol–water partition coefficient (Wildman–Crippen LogP) is 3.20. The normalized spacial score (nSPS) is 23.3. The zero-order chi connectivity index (χ0) is 17.0. The van der Waals surface area contributed by atoms with Gasteiger partial charge in [0.05, 0.1) is 5.56 Å². The smallest absolute Gasteiger partial charge is 0.366 e. The van der Waals surface area contributed by atoms with Crippen molar-refractivity contribution in [2.24, 2.45) is 17.6 Å². The number of primary amides is 1. The maximum atomic E-state index is 12.4. The fourth-order valence-corrected chi connectivity index (χ4v) is 2.86. The molecule has 2 aliphatic rings. The van der Waals surface area contributed by atoms with Crippen LogP contribution in [0.5, 0.6) is 0 Å². The average Bonchev–Trinajstić information content (AvgIpc) is 3.26. The molecular weight excluding hydrogens is 305 g/mol. The van der Waals surface area contributed by atoms with Crippen LogP contribution < -0.4 is 5.73 Å². The molecule has 2 atom stereocenters. The van der Waals surface area contributed by atoms with E-state index in [0.29, 0.717) is 0 Å². The number of rotatable bonds is 3. The van der Waals surface area contributed by atoms with Crippen molar-refractivity contribution in [2.75, 3.05) is 13.1 Å². The van der Waals surface area contributed by atoms with Crippen LogP contribution in [0.2, 0.25) is 0 Å². The Morgan fingerprint density at radius 2 is 1.91 bits per heavy atom. The fourth-order valence-electron chi connectivity index (χ4n) is 2.86. The third-order valence-electron chi connectivity index (χ3n) is 4.27. The van der Waals surface area contributed by atoms with Gasteiger partial charge in [-0.1, -0.05) is 18.7 Å². The van der Waals surface area contributed by atoms with Crippen molar-refractivity contribution in [3.05, 3.63) is 48.0 Å². The minimum Gasteiger partial charge on any atom is -0.366 e. The maximum Gasteiger partial charge on any atom is 0.416 e. The molecule has 1 aliphatic carbocycles. The number of piperidine rings is 1. The number of likely N-dealkylation sites (tertiary alicyclic amines) is 1. The lowest BCUT2D eigenvalue weighted by Crippen LogP contribution is -2.30. The first-order valence-electron chi connectivity index (χ1n) is 7.60. The number of nitrogens with two attached hydrogens (primary N) is 1. The van der Waals surface area contributed by atoms with Gasteiger partial charge in [-0.05, 0) is 55.0 Å². The van der Waals surface area contributed by atoms with Crippen LogP contribution in [0.4, 0.5) is 13.2 Å². The van der Waals surface area contributed by atoms with E-state index in [1.165, 1.54) is 25.0 Å². The molecule has 1 aromatic carbocycles. The Balaban J connectivity index is 0.000000338. The summed E-state index contributed by atoms with van der Waals surface area (Å²) in [6.45, 7) is 6.07. The van der Waals surface area contributed by atoms with Crippen LogP contribution in [0.25, 0.3) is 0 Å². The molecule has 0 bridgehead atoms. The highest BCUT2D eigenvalue weighted by molar-refractivity contribution is 5.84. The molecule has 126 valence electrons. The minimum atomic E-state index is -4.23. The molecule has 1 amide bonds. The fraction of sp³-hybridized carbons (Fsp3) is 0.471. The predicted molar refractivity (Wildman–Crippen MR) is 82.3 cm³/mol. The van der Waals surface area contributed by atoms with Gasteiger partial charge < -0.3 is 5.73 Å². The van der Waals surface area contributed by atoms with Crippen molar-refractivity contribution in [2.45, 2.75) is 25.6 Å². The second kappa shape index (κ2) is 7.17. The van der Waals surface area contributed by atoms with Crippen LogP contribution in [0, 0.1) is 11.8 Å². The first-order chi connectivity index (χ1) is 10.8. The average molecular weight is 326 g/mol. The maximum absolute atomic E-state index is 12.4. The molecule has 0 aromatic heterocycles. The van der Waals surface area contributed by atoms with Crippen molar-refractivity contribution in [1.82, 2.24) is 4.90 Å². The third-order valence-corrected chi connectivity index (χ3v) is 4.27. The summed E-state index contributed by atoms with van der Waals surface area (Å²) in [4.78, 5) is 11.8. The van der Waals surface area contributed by atoms with Crippen molar-refractivity contribution < 1.29 is 18.0 Å². The molecule has 1 heterocycles. The summed E-state index contributed by atoms with van der Waals surface area (Å²) in [6.07, 6.45) is -0.570. The van der Waals surface area contributed by atoms with Crippen LogP contribution in [0.15, 0.2) is 36.9 Å². The molecule has 23 heavy (non-hydrogen) atoms. The summed E-state index contributed by atoms with van der Waals surface area (Å²) < 4.78 is 37.3. The van der Waals surface area contributed by atoms with E-state index in [-0.39, 0.29) is 0 Å². The van der Waals surface area contributed by atoms with Crippen LogP contribution in [-0.4, -0.2) is 23.9 Å². The summed E-state index contributed by atoms with van der Waals surface area (Å²) >= 11 is 0. The summed E-state index contributed by atoms with van der Waals surface area (Å²) in [6, 6.07) is 5.56. The lowest BCUT2D eigenvalue weighted by Gasteiger charge is -2.26. The van der Waals surface area contributed by atoms with Gasteiger partial charge in [0.15, 0.2) is 0 Å². The van der Waals surface area contributed by atoms with Gasteiger partial charge in [0.1, 0.15) is 0 Å². The third kappa shape index (κ3) is 5.39. The SMILES string of the molecule is C=CC(N)=O.FC(F)(F)c1ccc(CN2CCC3CC3C2)cc1. The van der Waals surface area contributed by atoms with Gasteiger partial charge >= 0.3 is 6.18 Å². The van der Waals surface area contributed by atoms with Crippen molar-refractivity contribution >= 4 is 5.91 Å². The molecule has 6 heteroatoms. The van der Waals surface area contributed by atoms with Crippen LogP contribution >= 0.6 is 0 Å². The molecule has 3 rings (SSSR count). The molecule has 1 saturated heterocycles. The number of fused-ring (bicyclic) bond motifs is 1. The van der Waals surface area contributed by atoms with E-state index in [2.05, 4.69) is 17.2 Å². The quantitative estimate of drug-likeness (QED) is 0.867. The Bertz CT molecular complexity index is 554. The van der Waals surface area contributed by atoms with Crippen LogP contribution in [-0.2, 0) is 17.5 Å². The van der Waals surface area contributed by atoms with Gasteiger partial charge in [-0.25, -0.2) is 0 Å². The van der Waals surface area contributed by atoms with Gasteiger partial charge in [-0.15, -0.1) is 0 Å². The second-order valence-electron chi connectivity index (χ2n) is 6.08. The number of nitrogens with zero attached hydrogens (tertiary/aromatic N) is 1. The summed E-state index contributed by atoms with van der Waals surface area (Å²) in [5.41, 5.74) is 4.95. The van der Waals surface area contributed by atoms with Crippen LogP contribution in [0.3, 0.4) is 0 Å². The van der Waals surface area contributed by atoms with Gasteiger partial charge in [0, 0.05) is 13.1 Å². The van der Waals surface area contributed by atoms with Gasteiger partial charge in [-0.2, -0.15) is 13.2 Å². The molecule has 0 radical (unpaired) electrons. The zero-order valence-corrected chi connectivity index (χ0v) is 12.9. The summed E-state index contributed by atoms with van der Waals surface area (Å²) in [5, 5.41) is 0. The molecule has 2 fully saturated rings. The summed E-state index contributed by atoms with van der Waals surface area (Å²) in [7, 11) is 0. The molecule has 3 nitrogen and oxygen atoms in total. The van der Waals surface area contributed by atoms with E-state index in [9.17, 15) is 18.0 Å². The topological polar surface area (TPSA) is 46.3 Å². The monoisotopic (exact) mass is 326 g/mol. The Morgan fingerprint density at radius 3 is 2.39 bits per heavy atom. The van der Waals surface area contributed by atoms with Crippen molar-refractivity contribution in [3.8, 4) is 0 Å². The van der Waals surface area contributed by atoms with Crippen LogP contribution in [0.1, 0.15) is 24.0 Å². The number of amides is 1. The highest BCUT2D eigenvalue weighted by Gasteiger charge is 2.41. The van der Waals surface area contributed by atoms with E-state index in [1.54, 1.807) is 12.1 Å². The standard InChI is InChI=1S/C14H16F3N.C3H5NO/c15-14(16,17)13-3-1-10(2-4-13)8-18-6-5-11-7-12(11)9-18;1-2-3(4)5/h1-4,11-12H,5-9H2;2H,1H2,(H2,4,5). The second-order valence-corrected chi connectivity index (χ2v) is 6.08. The molecule has 0 spiro atoms. The molecule has 1 aliphatic heterocycles. The van der Waals surface area contributed by atoms with E-state index in [0.717, 1.165) is 43.1 Å². The van der Waals surface area contributed by atoms with Gasteiger partial charge in [0.2, 0.25) is 5.91 Å².